The Hall–Kier alpha value is -2.87. The van der Waals surface area contributed by atoms with Crippen molar-refractivity contribution in [2.75, 3.05) is 48.8 Å². The minimum absolute atomic E-state index is 0.242. The van der Waals surface area contributed by atoms with E-state index in [0.717, 1.165) is 37.4 Å². The van der Waals surface area contributed by atoms with Crippen molar-refractivity contribution in [2.24, 2.45) is 0 Å². The number of amides is 2. The Morgan fingerprint density at radius 2 is 1.88 bits per heavy atom. The lowest BCUT2D eigenvalue weighted by Gasteiger charge is -2.34. The van der Waals surface area contributed by atoms with Crippen LogP contribution < -0.4 is 20.9 Å². The molecule has 2 amide bonds. The number of nitrogens with zero attached hydrogens (tertiary/aromatic N) is 4. The summed E-state index contributed by atoms with van der Waals surface area (Å²) in [4.78, 5) is 24.8. The molecule has 8 heteroatoms. The summed E-state index contributed by atoms with van der Waals surface area (Å²) >= 11 is 0. The van der Waals surface area contributed by atoms with Gasteiger partial charge in [0.2, 0.25) is 5.95 Å². The first-order chi connectivity index (χ1) is 12.2. The van der Waals surface area contributed by atoms with Gasteiger partial charge in [0.15, 0.2) is 0 Å². The number of hydrogen-bond acceptors (Lipinski definition) is 6. The molecule has 1 aromatic carbocycles. The van der Waals surface area contributed by atoms with E-state index in [-0.39, 0.29) is 6.03 Å². The maximum Gasteiger partial charge on any atom is 0.320 e. The molecular formula is C17H21N7O. The predicted octanol–water partition coefficient (Wildman–Crippen LogP) is 1.61. The van der Waals surface area contributed by atoms with Crippen LogP contribution in [0.25, 0.3) is 0 Å². The van der Waals surface area contributed by atoms with Crippen molar-refractivity contribution < 1.29 is 4.79 Å². The number of carbonyl (C=O) groups excluding carboxylic acids is 1. The smallest absolute Gasteiger partial charge is 0.320 e. The van der Waals surface area contributed by atoms with Gasteiger partial charge in [-0.05, 0) is 31.3 Å². The molecule has 0 aliphatic carbocycles. The summed E-state index contributed by atoms with van der Waals surface area (Å²) in [6, 6.07) is 8.02. The number of fused-ring (bicyclic) bond motifs is 1. The highest BCUT2D eigenvalue weighted by Crippen LogP contribution is 2.22. The summed E-state index contributed by atoms with van der Waals surface area (Å²) in [6.45, 7) is 4.71. The number of nitrogens with one attached hydrogen (secondary N) is 3. The molecule has 2 aromatic rings. The first-order valence-electron chi connectivity index (χ1n) is 8.39. The summed E-state index contributed by atoms with van der Waals surface area (Å²) < 4.78 is 0. The zero-order chi connectivity index (χ0) is 17.2. The molecule has 0 atom stereocenters. The normalized spacial score (nSPS) is 17.5. The summed E-state index contributed by atoms with van der Waals surface area (Å²) in [7, 11) is 2.15. The quantitative estimate of drug-likeness (QED) is 0.788. The van der Waals surface area contributed by atoms with Crippen molar-refractivity contribution in [3.05, 3.63) is 36.0 Å². The van der Waals surface area contributed by atoms with Gasteiger partial charge in [0.25, 0.3) is 0 Å². The number of anilines is 4. The first-order valence-corrected chi connectivity index (χ1v) is 8.39. The third kappa shape index (κ3) is 3.48. The largest absolute Gasteiger partial charge is 0.369 e. The second kappa shape index (κ2) is 6.56. The number of piperazine rings is 1. The molecule has 8 nitrogen and oxygen atoms in total. The van der Waals surface area contributed by atoms with Crippen molar-refractivity contribution in [3.8, 4) is 0 Å². The zero-order valence-electron chi connectivity index (χ0n) is 14.1. The van der Waals surface area contributed by atoms with Gasteiger partial charge in [0.05, 0.1) is 0 Å². The van der Waals surface area contributed by atoms with E-state index < -0.39 is 0 Å². The van der Waals surface area contributed by atoms with Crippen molar-refractivity contribution in [1.82, 2.24) is 20.2 Å². The highest BCUT2D eigenvalue weighted by atomic mass is 16.2. The lowest BCUT2D eigenvalue weighted by Crippen LogP contribution is -2.44. The lowest BCUT2D eigenvalue weighted by atomic mass is 10.2. The average Bonchev–Trinajstić information content (AvgIpc) is 2.63. The van der Waals surface area contributed by atoms with Crippen molar-refractivity contribution in [3.63, 3.8) is 0 Å². The number of likely N-dealkylation sites (N-methyl/N-ethyl adjacent to an activating group) is 1. The third-order valence-corrected chi connectivity index (χ3v) is 4.53. The molecule has 25 heavy (non-hydrogen) atoms. The van der Waals surface area contributed by atoms with Crippen molar-refractivity contribution in [1.29, 1.82) is 0 Å². The molecule has 1 saturated heterocycles. The fraction of sp³-hybridized carbons (Fsp3) is 0.353. The molecule has 3 heterocycles. The highest BCUT2D eigenvalue weighted by molar-refractivity contribution is 5.91. The Morgan fingerprint density at radius 1 is 1.12 bits per heavy atom. The molecule has 0 unspecified atom stereocenters. The molecule has 2 aliphatic rings. The molecule has 1 aromatic heterocycles. The van der Waals surface area contributed by atoms with Gasteiger partial charge < -0.3 is 20.4 Å². The summed E-state index contributed by atoms with van der Waals surface area (Å²) in [5.41, 5.74) is 3.01. The number of hydrogen-bond donors (Lipinski definition) is 3. The maximum absolute atomic E-state index is 11.4. The van der Waals surface area contributed by atoms with E-state index >= 15 is 0 Å². The summed E-state index contributed by atoms with van der Waals surface area (Å²) in [5.74, 6) is 1.02. The first kappa shape index (κ1) is 15.6. The highest BCUT2D eigenvalue weighted by Gasteiger charge is 2.17. The van der Waals surface area contributed by atoms with Crippen molar-refractivity contribution in [2.45, 2.75) is 6.54 Å². The topological polar surface area (TPSA) is 85.4 Å². The van der Waals surface area contributed by atoms with E-state index in [2.05, 4.69) is 54.9 Å². The molecule has 0 bridgehead atoms. The zero-order valence-corrected chi connectivity index (χ0v) is 14.1. The van der Waals surface area contributed by atoms with E-state index in [1.807, 2.05) is 12.1 Å². The van der Waals surface area contributed by atoms with Gasteiger partial charge in [0.1, 0.15) is 5.82 Å². The van der Waals surface area contributed by atoms with Gasteiger partial charge in [-0.25, -0.2) is 9.78 Å². The predicted molar refractivity (Wildman–Crippen MR) is 97.3 cm³/mol. The second-order valence-corrected chi connectivity index (χ2v) is 6.34. The molecule has 4 rings (SSSR count). The van der Waals surface area contributed by atoms with Crippen LogP contribution >= 0.6 is 0 Å². The number of aromatic nitrogens is 2. The Balaban J connectivity index is 1.44. The van der Waals surface area contributed by atoms with Gasteiger partial charge in [0, 0.05) is 55.9 Å². The Labute approximate surface area is 146 Å². The Kier molecular flexibility index (Phi) is 4.10. The molecule has 0 radical (unpaired) electrons. The van der Waals surface area contributed by atoms with E-state index in [0.29, 0.717) is 18.3 Å². The number of carbonyl (C=O) groups is 1. The molecular weight excluding hydrogens is 318 g/mol. The maximum atomic E-state index is 11.4. The number of urea groups is 1. The van der Waals surface area contributed by atoms with Crippen LogP contribution in [-0.4, -0.2) is 54.1 Å². The van der Waals surface area contributed by atoms with Crippen LogP contribution in [0, 0.1) is 0 Å². The van der Waals surface area contributed by atoms with Crippen LogP contribution in [0.1, 0.15) is 5.56 Å². The molecule has 3 N–H and O–H groups in total. The fourth-order valence-electron chi connectivity index (χ4n) is 2.98. The minimum atomic E-state index is -0.242. The number of rotatable bonds is 3. The number of benzene rings is 1. The van der Waals surface area contributed by atoms with Crippen LogP contribution in [0.2, 0.25) is 0 Å². The molecule has 130 valence electrons. The van der Waals surface area contributed by atoms with E-state index in [4.69, 9.17) is 0 Å². The SMILES string of the molecule is CN1CCN(c2ccc(Nc3ncc4c(n3)NC(=O)NC4)cc2)CC1. The van der Waals surface area contributed by atoms with E-state index in [1.54, 1.807) is 6.20 Å². The molecule has 0 spiro atoms. The monoisotopic (exact) mass is 339 g/mol. The molecule has 0 saturated carbocycles. The van der Waals surface area contributed by atoms with Gasteiger partial charge in [-0.2, -0.15) is 4.98 Å². The minimum Gasteiger partial charge on any atom is -0.369 e. The standard InChI is InChI=1S/C17H21N7O/c1-23-6-8-24(9-7-23)14-4-2-13(3-5-14)20-16-18-10-12-11-19-17(25)22-15(12)21-16/h2-5,10H,6-9,11H2,1H3,(H3,18,19,20,21,22,25). The summed E-state index contributed by atoms with van der Waals surface area (Å²) in [5, 5.41) is 8.56. The van der Waals surface area contributed by atoms with Gasteiger partial charge in [-0.3, -0.25) is 5.32 Å². The van der Waals surface area contributed by atoms with Gasteiger partial charge in [-0.1, -0.05) is 0 Å². The van der Waals surface area contributed by atoms with Gasteiger partial charge >= 0.3 is 6.03 Å². The van der Waals surface area contributed by atoms with E-state index in [1.165, 1.54) is 5.69 Å². The van der Waals surface area contributed by atoms with Crippen LogP contribution in [0.4, 0.5) is 27.9 Å². The van der Waals surface area contributed by atoms with Crippen LogP contribution in [0.15, 0.2) is 30.5 Å². The summed E-state index contributed by atoms with van der Waals surface area (Å²) in [6.07, 6.45) is 1.72. The molecule has 2 aliphatic heterocycles. The lowest BCUT2D eigenvalue weighted by molar-refractivity contribution is 0.250. The second-order valence-electron chi connectivity index (χ2n) is 6.34. The van der Waals surface area contributed by atoms with Crippen LogP contribution in [-0.2, 0) is 6.54 Å². The van der Waals surface area contributed by atoms with Crippen LogP contribution in [0.5, 0.6) is 0 Å². The van der Waals surface area contributed by atoms with Gasteiger partial charge in [-0.15, -0.1) is 0 Å². The Morgan fingerprint density at radius 3 is 2.64 bits per heavy atom. The van der Waals surface area contributed by atoms with Crippen molar-refractivity contribution >= 4 is 29.2 Å². The van der Waals surface area contributed by atoms with E-state index in [9.17, 15) is 4.79 Å². The fourth-order valence-corrected chi connectivity index (χ4v) is 2.98. The average molecular weight is 339 g/mol. The third-order valence-electron chi connectivity index (χ3n) is 4.53. The van der Waals surface area contributed by atoms with Crippen LogP contribution in [0.3, 0.4) is 0 Å². The molecule has 1 fully saturated rings. The Bertz CT molecular complexity index is 769.